The van der Waals surface area contributed by atoms with Gasteiger partial charge in [0.1, 0.15) is 5.75 Å². The lowest BCUT2D eigenvalue weighted by Gasteiger charge is -2.05. The molecule has 0 aromatic heterocycles. The van der Waals surface area contributed by atoms with E-state index in [1.807, 2.05) is 44.2 Å². The predicted octanol–water partition coefficient (Wildman–Crippen LogP) is 4.87. The van der Waals surface area contributed by atoms with Crippen LogP contribution in [0.2, 0.25) is 0 Å². The van der Waals surface area contributed by atoms with Crippen molar-refractivity contribution in [3.05, 3.63) is 77.9 Å². The monoisotopic (exact) mass is 326 g/mol. The van der Waals surface area contributed by atoms with E-state index in [1.165, 1.54) is 12.7 Å². The third-order valence-corrected chi connectivity index (χ3v) is 3.56. The molecule has 0 unspecified atom stereocenters. The molecule has 0 radical (unpaired) electrons. The van der Waals surface area contributed by atoms with Gasteiger partial charge in [0.15, 0.2) is 11.5 Å². The molecule has 0 saturated carbocycles. The minimum absolute atomic E-state index is 0.172. The van der Waals surface area contributed by atoms with E-state index in [-0.39, 0.29) is 5.75 Å². The van der Waals surface area contributed by atoms with Gasteiger partial charge in [0.05, 0.1) is 7.11 Å². The smallest absolute Gasteiger partial charge is 0.160 e. The second-order valence-corrected chi connectivity index (χ2v) is 5.57. The highest BCUT2D eigenvalue weighted by molar-refractivity contribution is 5.43. The number of allylic oxidation sites excluding steroid dienone is 2. The van der Waals surface area contributed by atoms with E-state index < -0.39 is 0 Å². The minimum atomic E-state index is 0.172. The van der Waals surface area contributed by atoms with Gasteiger partial charge in [-0.05, 0) is 61.1 Å². The number of aryl methyl sites for hydroxylation is 2. The molecule has 0 bridgehead atoms. The van der Waals surface area contributed by atoms with Crippen LogP contribution in [0.25, 0.3) is 0 Å². The van der Waals surface area contributed by atoms with Crippen molar-refractivity contribution in [3.63, 3.8) is 0 Å². The van der Waals surface area contributed by atoms with E-state index >= 15 is 0 Å². The molecule has 2 aromatic carbocycles. The van der Waals surface area contributed by atoms with E-state index in [1.54, 1.807) is 12.1 Å². The first-order chi connectivity index (χ1) is 11.4. The number of benzene rings is 2. The number of methoxy groups -OCH3 is 1. The van der Waals surface area contributed by atoms with Crippen molar-refractivity contribution in [3.8, 4) is 17.2 Å². The minimum Gasteiger partial charge on any atom is -0.507 e. The second kappa shape index (κ2) is 9.46. The van der Waals surface area contributed by atoms with Crippen molar-refractivity contribution < 1.29 is 14.9 Å². The fourth-order valence-corrected chi connectivity index (χ4v) is 2.35. The molecule has 0 aliphatic heterocycles. The standard InChI is InChI=1S/C11H14O.C10H12O2/c1-4-5-10-6-8(2)11(12)9(3)7-10;1-3-4-8-5-6-9(11)10(7-8)12-2/h4,6-7,12H,1,5H2,2-3H3;3,5-7,11H,1,4H2,2H3. The van der Waals surface area contributed by atoms with Gasteiger partial charge in [0.2, 0.25) is 0 Å². The molecule has 0 heterocycles. The Hall–Kier alpha value is -2.68. The first-order valence-electron chi connectivity index (χ1n) is 7.79. The molecule has 2 rings (SSSR count). The van der Waals surface area contributed by atoms with E-state index in [2.05, 4.69) is 13.2 Å². The average molecular weight is 326 g/mol. The zero-order valence-electron chi connectivity index (χ0n) is 14.7. The van der Waals surface area contributed by atoms with Crippen molar-refractivity contribution in [2.45, 2.75) is 26.7 Å². The summed E-state index contributed by atoms with van der Waals surface area (Å²) < 4.78 is 4.95. The van der Waals surface area contributed by atoms with Crippen LogP contribution >= 0.6 is 0 Å². The van der Waals surface area contributed by atoms with Crippen LogP contribution < -0.4 is 4.74 Å². The molecule has 0 amide bonds. The fourth-order valence-electron chi connectivity index (χ4n) is 2.35. The van der Waals surface area contributed by atoms with Gasteiger partial charge in [0.25, 0.3) is 0 Å². The van der Waals surface area contributed by atoms with E-state index in [9.17, 15) is 10.2 Å². The summed E-state index contributed by atoms with van der Waals surface area (Å²) in [5.74, 6) is 1.09. The maximum Gasteiger partial charge on any atom is 0.160 e. The summed E-state index contributed by atoms with van der Waals surface area (Å²) in [5.41, 5.74) is 4.16. The van der Waals surface area contributed by atoms with Crippen LogP contribution in [0, 0.1) is 13.8 Å². The molecule has 0 atom stereocenters. The highest BCUT2D eigenvalue weighted by Gasteiger charge is 2.01. The highest BCUT2D eigenvalue weighted by Crippen LogP contribution is 2.26. The number of ether oxygens (including phenoxy) is 1. The van der Waals surface area contributed by atoms with Gasteiger partial charge in [-0.15, -0.1) is 13.2 Å². The van der Waals surface area contributed by atoms with Gasteiger partial charge < -0.3 is 14.9 Å². The first kappa shape index (κ1) is 19.4. The molecule has 3 heteroatoms. The lowest BCUT2D eigenvalue weighted by molar-refractivity contribution is 0.373. The maximum absolute atomic E-state index is 9.47. The zero-order chi connectivity index (χ0) is 18.1. The summed E-state index contributed by atoms with van der Waals surface area (Å²) >= 11 is 0. The largest absolute Gasteiger partial charge is 0.507 e. The average Bonchev–Trinajstić information content (AvgIpc) is 2.55. The second-order valence-electron chi connectivity index (χ2n) is 5.57. The van der Waals surface area contributed by atoms with Crippen LogP contribution in [0.5, 0.6) is 17.2 Å². The van der Waals surface area contributed by atoms with Gasteiger partial charge in [-0.1, -0.05) is 30.4 Å². The predicted molar refractivity (Wildman–Crippen MR) is 100 cm³/mol. The molecular weight excluding hydrogens is 300 g/mol. The van der Waals surface area contributed by atoms with Gasteiger partial charge in [-0.2, -0.15) is 0 Å². The molecule has 2 N–H and O–H groups in total. The Labute approximate surface area is 144 Å². The molecule has 0 fully saturated rings. The van der Waals surface area contributed by atoms with Gasteiger partial charge in [0, 0.05) is 0 Å². The highest BCUT2D eigenvalue weighted by atomic mass is 16.5. The number of phenolic OH excluding ortho intramolecular Hbond substituents is 2. The molecule has 0 saturated heterocycles. The van der Waals surface area contributed by atoms with E-state index in [0.29, 0.717) is 11.5 Å². The van der Waals surface area contributed by atoms with Crippen LogP contribution in [-0.2, 0) is 12.8 Å². The first-order valence-corrected chi connectivity index (χ1v) is 7.79. The summed E-state index contributed by atoms with van der Waals surface area (Å²) in [6, 6.07) is 9.25. The lowest BCUT2D eigenvalue weighted by atomic mass is 10.0. The normalized spacial score (nSPS) is 9.62. The van der Waals surface area contributed by atoms with Crippen LogP contribution in [0.15, 0.2) is 55.6 Å². The molecule has 0 aliphatic rings. The third-order valence-electron chi connectivity index (χ3n) is 3.56. The van der Waals surface area contributed by atoms with Crippen LogP contribution in [0.1, 0.15) is 22.3 Å². The number of phenols is 2. The van der Waals surface area contributed by atoms with Crippen molar-refractivity contribution in [1.29, 1.82) is 0 Å². The summed E-state index contributed by atoms with van der Waals surface area (Å²) in [5, 5.41) is 18.7. The van der Waals surface area contributed by atoms with Gasteiger partial charge in [-0.3, -0.25) is 0 Å². The van der Waals surface area contributed by atoms with Crippen molar-refractivity contribution in [1.82, 2.24) is 0 Å². The van der Waals surface area contributed by atoms with Crippen molar-refractivity contribution >= 4 is 0 Å². The molecule has 3 nitrogen and oxygen atoms in total. The van der Waals surface area contributed by atoms with Crippen LogP contribution in [0.3, 0.4) is 0 Å². The quantitative estimate of drug-likeness (QED) is 0.771. The third kappa shape index (κ3) is 5.51. The molecule has 2 aromatic rings. The molecule has 128 valence electrons. The van der Waals surface area contributed by atoms with Gasteiger partial charge in [-0.25, -0.2) is 0 Å². The van der Waals surface area contributed by atoms with E-state index in [4.69, 9.17) is 4.74 Å². The van der Waals surface area contributed by atoms with Crippen LogP contribution in [0.4, 0.5) is 0 Å². The molecule has 0 aliphatic carbocycles. The maximum atomic E-state index is 9.47. The number of hydrogen-bond donors (Lipinski definition) is 2. The van der Waals surface area contributed by atoms with Crippen molar-refractivity contribution in [2.75, 3.05) is 7.11 Å². The number of rotatable bonds is 5. The summed E-state index contributed by atoms with van der Waals surface area (Å²) in [7, 11) is 1.53. The SMILES string of the molecule is C=CCc1cc(C)c(O)c(C)c1.C=CCc1ccc(O)c(OC)c1. The van der Waals surface area contributed by atoms with Crippen molar-refractivity contribution in [2.24, 2.45) is 0 Å². The Morgan fingerprint density at radius 2 is 1.46 bits per heavy atom. The summed E-state index contributed by atoms with van der Waals surface area (Å²) in [6.07, 6.45) is 5.33. The number of aromatic hydroxyl groups is 2. The Kier molecular flexibility index (Phi) is 7.63. The Morgan fingerprint density at radius 1 is 0.917 bits per heavy atom. The lowest BCUT2D eigenvalue weighted by Crippen LogP contribution is -1.86. The Balaban J connectivity index is 0.000000240. The van der Waals surface area contributed by atoms with E-state index in [0.717, 1.165) is 29.5 Å². The van der Waals surface area contributed by atoms with Gasteiger partial charge >= 0.3 is 0 Å². The Morgan fingerprint density at radius 3 is 1.96 bits per heavy atom. The molecule has 0 spiro atoms. The van der Waals surface area contributed by atoms with Crippen LogP contribution in [-0.4, -0.2) is 17.3 Å². The summed E-state index contributed by atoms with van der Waals surface area (Å²) in [6.45, 7) is 11.1. The molecule has 24 heavy (non-hydrogen) atoms. The summed E-state index contributed by atoms with van der Waals surface area (Å²) in [4.78, 5) is 0. The Bertz CT molecular complexity index is 679. The zero-order valence-corrected chi connectivity index (χ0v) is 14.7. The molecular formula is C21H26O3. The fraction of sp³-hybridized carbons (Fsp3) is 0.238. The topological polar surface area (TPSA) is 49.7 Å². The number of hydrogen-bond acceptors (Lipinski definition) is 3.